The average molecular weight is 345 g/mol. The molecule has 25 heavy (non-hydrogen) atoms. The predicted octanol–water partition coefficient (Wildman–Crippen LogP) is 2.18. The third-order valence-corrected chi connectivity index (χ3v) is 4.07. The number of ether oxygens (including phenoxy) is 1. The van der Waals surface area contributed by atoms with Crippen LogP contribution >= 0.6 is 0 Å². The average Bonchev–Trinajstić information content (AvgIpc) is 3.02. The second kappa shape index (κ2) is 8.67. The van der Waals surface area contributed by atoms with Gasteiger partial charge in [-0.25, -0.2) is 0 Å². The van der Waals surface area contributed by atoms with Gasteiger partial charge >= 0.3 is 11.8 Å². The summed E-state index contributed by atoms with van der Waals surface area (Å²) in [7, 11) is 0. The molecule has 1 saturated heterocycles. The number of nitrogens with zero attached hydrogens (tertiary/aromatic N) is 1. The highest BCUT2D eigenvalue weighted by molar-refractivity contribution is 6.39. The standard InChI is InChI=1S/C19H27N3O3/c1-13(2)12-25-17-7-5-6-15(10-17)20-18(23)19(24)21-16-8-9-22(11-16)14(3)4/h5-7,10,14,16H,1,8-9,11-12H2,2-4H3,(H,20,23)(H,21,24)/t16-/m0/s1. The van der Waals surface area contributed by atoms with E-state index in [1.807, 2.05) is 6.92 Å². The summed E-state index contributed by atoms with van der Waals surface area (Å²) < 4.78 is 5.54. The molecule has 2 N–H and O–H groups in total. The number of anilines is 1. The first-order valence-corrected chi connectivity index (χ1v) is 8.58. The van der Waals surface area contributed by atoms with Crippen LogP contribution in [0.4, 0.5) is 5.69 Å². The van der Waals surface area contributed by atoms with Crippen molar-refractivity contribution in [2.24, 2.45) is 0 Å². The first kappa shape index (κ1) is 19.0. The van der Waals surface area contributed by atoms with Gasteiger partial charge in [0.15, 0.2) is 0 Å². The normalized spacial score (nSPS) is 17.4. The summed E-state index contributed by atoms with van der Waals surface area (Å²) >= 11 is 0. The van der Waals surface area contributed by atoms with Crippen LogP contribution in [0.3, 0.4) is 0 Å². The lowest BCUT2D eigenvalue weighted by Gasteiger charge is -2.20. The number of carbonyl (C=O) groups is 2. The van der Waals surface area contributed by atoms with Gasteiger partial charge in [0.25, 0.3) is 0 Å². The number of carbonyl (C=O) groups excluding carboxylic acids is 2. The van der Waals surface area contributed by atoms with E-state index in [2.05, 4.69) is 36.0 Å². The van der Waals surface area contributed by atoms with Gasteiger partial charge in [-0.15, -0.1) is 0 Å². The number of rotatable bonds is 6. The Morgan fingerprint density at radius 1 is 1.36 bits per heavy atom. The minimum Gasteiger partial charge on any atom is -0.489 e. The van der Waals surface area contributed by atoms with Crippen LogP contribution in [0.25, 0.3) is 0 Å². The largest absolute Gasteiger partial charge is 0.489 e. The molecule has 1 fully saturated rings. The van der Waals surface area contributed by atoms with Gasteiger partial charge in [0.05, 0.1) is 0 Å². The van der Waals surface area contributed by atoms with Crippen LogP contribution in [0, 0.1) is 0 Å². The van der Waals surface area contributed by atoms with Crippen LogP contribution in [-0.4, -0.2) is 48.5 Å². The van der Waals surface area contributed by atoms with E-state index in [4.69, 9.17) is 4.74 Å². The molecule has 136 valence electrons. The summed E-state index contributed by atoms with van der Waals surface area (Å²) in [5.74, 6) is -0.659. The maximum Gasteiger partial charge on any atom is 0.313 e. The highest BCUT2D eigenvalue weighted by Crippen LogP contribution is 2.18. The Balaban J connectivity index is 1.86. The quantitative estimate of drug-likeness (QED) is 0.612. The Labute approximate surface area is 149 Å². The molecule has 0 spiro atoms. The lowest BCUT2D eigenvalue weighted by molar-refractivity contribution is -0.136. The predicted molar refractivity (Wildman–Crippen MR) is 98.6 cm³/mol. The molecule has 0 radical (unpaired) electrons. The van der Waals surface area contributed by atoms with Gasteiger partial charge < -0.3 is 15.4 Å². The van der Waals surface area contributed by atoms with Gasteiger partial charge in [0, 0.05) is 36.9 Å². The molecule has 1 aromatic carbocycles. The van der Waals surface area contributed by atoms with Crippen molar-refractivity contribution < 1.29 is 14.3 Å². The van der Waals surface area contributed by atoms with Crippen molar-refractivity contribution in [3.63, 3.8) is 0 Å². The van der Waals surface area contributed by atoms with E-state index >= 15 is 0 Å². The summed E-state index contributed by atoms with van der Waals surface area (Å²) in [6, 6.07) is 7.42. The first-order chi connectivity index (χ1) is 11.8. The van der Waals surface area contributed by atoms with E-state index < -0.39 is 11.8 Å². The zero-order valence-corrected chi connectivity index (χ0v) is 15.2. The molecule has 1 heterocycles. The molecule has 0 unspecified atom stereocenters. The first-order valence-electron chi connectivity index (χ1n) is 8.58. The Morgan fingerprint density at radius 3 is 2.76 bits per heavy atom. The van der Waals surface area contributed by atoms with E-state index in [-0.39, 0.29) is 6.04 Å². The molecule has 0 aromatic heterocycles. The third-order valence-electron chi connectivity index (χ3n) is 4.07. The van der Waals surface area contributed by atoms with Crippen molar-refractivity contribution in [2.75, 3.05) is 25.0 Å². The maximum atomic E-state index is 12.1. The monoisotopic (exact) mass is 345 g/mol. The van der Waals surface area contributed by atoms with Crippen LogP contribution in [0.15, 0.2) is 36.4 Å². The molecule has 2 rings (SSSR count). The van der Waals surface area contributed by atoms with Crippen molar-refractivity contribution in [1.29, 1.82) is 0 Å². The summed E-state index contributed by atoms with van der Waals surface area (Å²) in [6.45, 7) is 12.0. The highest BCUT2D eigenvalue weighted by Gasteiger charge is 2.27. The fourth-order valence-electron chi connectivity index (χ4n) is 2.68. The van der Waals surface area contributed by atoms with Crippen molar-refractivity contribution in [1.82, 2.24) is 10.2 Å². The second-order valence-electron chi connectivity index (χ2n) is 6.78. The Hall–Kier alpha value is -2.34. The fourth-order valence-corrected chi connectivity index (χ4v) is 2.68. The Morgan fingerprint density at radius 2 is 2.12 bits per heavy atom. The van der Waals surface area contributed by atoms with Crippen molar-refractivity contribution in [3.8, 4) is 5.75 Å². The van der Waals surface area contributed by atoms with Crippen LogP contribution in [0.1, 0.15) is 27.2 Å². The van der Waals surface area contributed by atoms with E-state index in [1.165, 1.54) is 0 Å². The van der Waals surface area contributed by atoms with Gasteiger partial charge in [-0.3, -0.25) is 14.5 Å². The number of likely N-dealkylation sites (tertiary alicyclic amines) is 1. The molecule has 0 aliphatic carbocycles. The second-order valence-corrected chi connectivity index (χ2v) is 6.78. The van der Waals surface area contributed by atoms with Gasteiger partial charge in [0.1, 0.15) is 12.4 Å². The lowest BCUT2D eigenvalue weighted by Crippen LogP contribution is -2.43. The molecular formula is C19H27N3O3. The third kappa shape index (κ3) is 5.90. The zero-order chi connectivity index (χ0) is 18.4. The molecule has 2 amide bonds. The van der Waals surface area contributed by atoms with Gasteiger partial charge in [0.2, 0.25) is 0 Å². The van der Waals surface area contributed by atoms with Crippen LogP contribution in [-0.2, 0) is 9.59 Å². The smallest absolute Gasteiger partial charge is 0.313 e. The maximum absolute atomic E-state index is 12.1. The van der Waals surface area contributed by atoms with Crippen LogP contribution in [0.2, 0.25) is 0 Å². The summed E-state index contributed by atoms with van der Waals surface area (Å²) in [4.78, 5) is 26.5. The summed E-state index contributed by atoms with van der Waals surface area (Å²) in [5.41, 5.74) is 1.43. The van der Waals surface area contributed by atoms with E-state index in [0.29, 0.717) is 24.1 Å². The minimum atomic E-state index is -0.667. The highest BCUT2D eigenvalue weighted by atomic mass is 16.5. The Bertz CT molecular complexity index is 643. The lowest BCUT2D eigenvalue weighted by atomic mass is 10.2. The summed E-state index contributed by atoms with van der Waals surface area (Å²) in [5, 5.41) is 5.41. The van der Waals surface area contributed by atoms with Crippen LogP contribution in [0.5, 0.6) is 5.75 Å². The van der Waals surface area contributed by atoms with E-state index in [0.717, 1.165) is 25.1 Å². The minimum absolute atomic E-state index is 0.0193. The number of nitrogens with one attached hydrogen (secondary N) is 2. The molecule has 6 heteroatoms. The number of amides is 2. The summed E-state index contributed by atoms with van der Waals surface area (Å²) in [6.07, 6.45) is 0.863. The van der Waals surface area contributed by atoms with Crippen molar-refractivity contribution >= 4 is 17.5 Å². The molecule has 0 bridgehead atoms. The molecule has 1 aliphatic rings. The van der Waals surface area contributed by atoms with Crippen molar-refractivity contribution in [2.45, 2.75) is 39.3 Å². The zero-order valence-electron chi connectivity index (χ0n) is 15.2. The van der Waals surface area contributed by atoms with E-state index in [9.17, 15) is 9.59 Å². The van der Waals surface area contributed by atoms with E-state index in [1.54, 1.807) is 24.3 Å². The number of benzene rings is 1. The molecule has 1 atom stereocenters. The molecule has 1 aliphatic heterocycles. The number of hydrogen-bond acceptors (Lipinski definition) is 4. The van der Waals surface area contributed by atoms with Gasteiger partial charge in [-0.1, -0.05) is 12.6 Å². The van der Waals surface area contributed by atoms with Crippen LogP contribution < -0.4 is 15.4 Å². The van der Waals surface area contributed by atoms with Gasteiger partial charge in [-0.2, -0.15) is 0 Å². The molecular weight excluding hydrogens is 318 g/mol. The topological polar surface area (TPSA) is 70.7 Å². The number of hydrogen-bond donors (Lipinski definition) is 2. The van der Waals surface area contributed by atoms with Gasteiger partial charge in [-0.05, 0) is 44.9 Å². The molecule has 1 aromatic rings. The molecule has 0 saturated carbocycles. The SMILES string of the molecule is C=C(C)COc1cccc(NC(=O)C(=O)N[C@H]2CCN(C(C)C)C2)c1. The fraction of sp³-hybridized carbons (Fsp3) is 0.474. The van der Waals surface area contributed by atoms with Crippen molar-refractivity contribution in [3.05, 3.63) is 36.4 Å². The molecule has 6 nitrogen and oxygen atoms in total. The Kier molecular flexibility index (Phi) is 6.58.